The Morgan fingerprint density at radius 2 is 2.27 bits per heavy atom. The van der Waals surface area contributed by atoms with E-state index >= 15 is 0 Å². The minimum atomic E-state index is -0.0302. The molecule has 0 radical (unpaired) electrons. The average molecular weight is 204 g/mol. The second kappa shape index (κ2) is 3.93. The number of amides is 1. The number of benzene rings is 1. The predicted molar refractivity (Wildman–Crippen MR) is 61.0 cm³/mol. The quantitative estimate of drug-likeness (QED) is 0.784. The monoisotopic (exact) mass is 204 g/mol. The van der Waals surface area contributed by atoms with Gasteiger partial charge >= 0.3 is 0 Å². The van der Waals surface area contributed by atoms with Crippen molar-refractivity contribution in [3.8, 4) is 0 Å². The van der Waals surface area contributed by atoms with E-state index in [4.69, 9.17) is 0 Å². The van der Waals surface area contributed by atoms with E-state index in [2.05, 4.69) is 29.3 Å². The van der Waals surface area contributed by atoms with Crippen molar-refractivity contribution in [3.05, 3.63) is 29.8 Å². The Labute approximate surface area is 90.1 Å². The van der Waals surface area contributed by atoms with Crippen LogP contribution in [0.5, 0.6) is 0 Å². The van der Waals surface area contributed by atoms with Crippen LogP contribution in [0.25, 0.3) is 0 Å². The molecule has 0 bridgehead atoms. The lowest BCUT2D eigenvalue weighted by molar-refractivity contribution is -0.121. The first-order chi connectivity index (χ1) is 7.27. The van der Waals surface area contributed by atoms with E-state index in [0.717, 1.165) is 13.0 Å². The summed E-state index contributed by atoms with van der Waals surface area (Å²) in [6, 6.07) is 8.20. The van der Waals surface area contributed by atoms with Gasteiger partial charge in [0.25, 0.3) is 0 Å². The van der Waals surface area contributed by atoms with Crippen LogP contribution in [0.15, 0.2) is 24.3 Å². The lowest BCUT2D eigenvalue weighted by atomic mass is 10.1. The summed E-state index contributed by atoms with van der Waals surface area (Å²) >= 11 is 0. The molecule has 2 rings (SSSR count). The highest BCUT2D eigenvalue weighted by Crippen LogP contribution is 2.31. The van der Waals surface area contributed by atoms with E-state index in [1.165, 1.54) is 11.3 Å². The Hall–Kier alpha value is -1.51. The van der Waals surface area contributed by atoms with Gasteiger partial charge in [-0.15, -0.1) is 0 Å². The van der Waals surface area contributed by atoms with Gasteiger partial charge in [-0.25, -0.2) is 0 Å². The number of hydrogen-bond acceptors (Lipinski definition) is 2. The fourth-order valence-corrected chi connectivity index (χ4v) is 2.24. The van der Waals surface area contributed by atoms with Crippen LogP contribution in [-0.4, -0.2) is 25.5 Å². The van der Waals surface area contributed by atoms with E-state index in [1.54, 1.807) is 7.05 Å². The van der Waals surface area contributed by atoms with Crippen molar-refractivity contribution in [2.45, 2.75) is 19.4 Å². The van der Waals surface area contributed by atoms with E-state index in [9.17, 15) is 4.79 Å². The summed E-state index contributed by atoms with van der Waals surface area (Å²) in [6.45, 7) is 2.95. The van der Waals surface area contributed by atoms with Crippen LogP contribution in [0, 0.1) is 0 Å². The molecule has 1 atom stereocenters. The van der Waals surface area contributed by atoms with Crippen molar-refractivity contribution in [1.82, 2.24) is 5.32 Å². The second-order valence-electron chi connectivity index (χ2n) is 3.75. The Morgan fingerprint density at radius 1 is 1.53 bits per heavy atom. The van der Waals surface area contributed by atoms with Crippen molar-refractivity contribution in [2.75, 3.05) is 18.5 Å². The van der Waals surface area contributed by atoms with Crippen LogP contribution < -0.4 is 10.2 Å². The first-order valence-corrected chi connectivity index (χ1v) is 5.34. The molecule has 1 unspecified atom stereocenters. The average Bonchev–Trinajstić information content (AvgIpc) is 2.66. The number of nitrogens with one attached hydrogen (secondary N) is 1. The smallest absolute Gasteiger partial charge is 0.242 e. The zero-order valence-corrected chi connectivity index (χ0v) is 9.16. The summed E-state index contributed by atoms with van der Waals surface area (Å²) in [6.07, 6.45) is 0.823. The molecule has 80 valence electrons. The van der Waals surface area contributed by atoms with Gasteiger partial charge < -0.3 is 10.2 Å². The Kier molecular flexibility index (Phi) is 2.62. The number of carbonyl (C=O) groups excluding carboxylic acids is 1. The van der Waals surface area contributed by atoms with E-state index in [0.29, 0.717) is 0 Å². The third kappa shape index (κ3) is 1.58. The Balaban J connectivity index is 2.32. The summed E-state index contributed by atoms with van der Waals surface area (Å²) in [5, 5.41) is 2.73. The van der Waals surface area contributed by atoms with Crippen molar-refractivity contribution >= 4 is 11.6 Å². The SMILES string of the molecule is CCN1c2ccccc2CC1C(=O)NC. The molecule has 0 fully saturated rings. The molecule has 3 nitrogen and oxygen atoms in total. The van der Waals surface area contributed by atoms with Gasteiger partial charge in [0.05, 0.1) is 0 Å². The molecule has 1 aromatic rings. The molecule has 15 heavy (non-hydrogen) atoms. The fraction of sp³-hybridized carbons (Fsp3) is 0.417. The van der Waals surface area contributed by atoms with Gasteiger partial charge in [-0.2, -0.15) is 0 Å². The molecule has 1 aliphatic rings. The van der Waals surface area contributed by atoms with Gasteiger partial charge in [-0.1, -0.05) is 18.2 Å². The number of carbonyl (C=O) groups is 1. The minimum absolute atomic E-state index is 0.0302. The molecule has 0 spiro atoms. The van der Waals surface area contributed by atoms with E-state index in [1.807, 2.05) is 12.1 Å². The molecular weight excluding hydrogens is 188 g/mol. The van der Waals surface area contributed by atoms with Gasteiger partial charge in [0.1, 0.15) is 6.04 Å². The normalized spacial score (nSPS) is 18.8. The number of para-hydroxylation sites is 1. The molecule has 1 aromatic carbocycles. The zero-order valence-electron chi connectivity index (χ0n) is 9.16. The number of hydrogen-bond donors (Lipinski definition) is 1. The van der Waals surface area contributed by atoms with Gasteiger partial charge in [0, 0.05) is 25.7 Å². The molecule has 1 aliphatic heterocycles. The summed E-state index contributed by atoms with van der Waals surface area (Å²) in [5.41, 5.74) is 2.47. The van der Waals surface area contributed by atoms with Crippen LogP contribution in [0.3, 0.4) is 0 Å². The number of anilines is 1. The lowest BCUT2D eigenvalue weighted by Crippen LogP contribution is -2.44. The standard InChI is InChI=1S/C12H16N2O/c1-3-14-10-7-5-4-6-9(10)8-11(14)12(15)13-2/h4-7,11H,3,8H2,1-2H3,(H,13,15). The number of rotatable bonds is 2. The number of fused-ring (bicyclic) bond motifs is 1. The van der Waals surface area contributed by atoms with Crippen molar-refractivity contribution in [3.63, 3.8) is 0 Å². The third-order valence-electron chi connectivity index (χ3n) is 2.98. The molecule has 0 aliphatic carbocycles. The topological polar surface area (TPSA) is 32.3 Å². The first-order valence-electron chi connectivity index (χ1n) is 5.34. The van der Waals surface area contributed by atoms with Crippen LogP contribution in [0.2, 0.25) is 0 Å². The summed E-state index contributed by atoms with van der Waals surface area (Å²) in [4.78, 5) is 13.9. The molecule has 1 heterocycles. The molecular formula is C12H16N2O. The predicted octanol–water partition coefficient (Wildman–Crippen LogP) is 1.18. The first kappa shape index (κ1) is 10.0. The third-order valence-corrected chi connectivity index (χ3v) is 2.98. The van der Waals surface area contributed by atoms with Crippen LogP contribution in [0.1, 0.15) is 12.5 Å². The molecule has 0 aromatic heterocycles. The number of nitrogens with zero attached hydrogens (tertiary/aromatic N) is 1. The highest BCUT2D eigenvalue weighted by Gasteiger charge is 2.32. The molecule has 0 saturated heterocycles. The summed E-state index contributed by atoms with van der Waals surface area (Å²) < 4.78 is 0. The van der Waals surface area contributed by atoms with Crippen molar-refractivity contribution in [2.24, 2.45) is 0 Å². The number of likely N-dealkylation sites (N-methyl/N-ethyl adjacent to an activating group) is 2. The Bertz CT molecular complexity index is 376. The largest absolute Gasteiger partial charge is 0.359 e. The maximum absolute atomic E-state index is 11.7. The van der Waals surface area contributed by atoms with E-state index in [-0.39, 0.29) is 11.9 Å². The van der Waals surface area contributed by atoms with Crippen LogP contribution in [-0.2, 0) is 11.2 Å². The van der Waals surface area contributed by atoms with Crippen LogP contribution >= 0.6 is 0 Å². The second-order valence-corrected chi connectivity index (χ2v) is 3.75. The van der Waals surface area contributed by atoms with Gasteiger partial charge in [-0.05, 0) is 18.6 Å². The van der Waals surface area contributed by atoms with Gasteiger partial charge in [0.15, 0.2) is 0 Å². The summed E-state index contributed by atoms with van der Waals surface area (Å²) in [5.74, 6) is 0.105. The van der Waals surface area contributed by atoms with Crippen molar-refractivity contribution in [1.29, 1.82) is 0 Å². The molecule has 0 saturated carbocycles. The Morgan fingerprint density at radius 3 is 2.93 bits per heavy atom. The van der Waals surface area contributed by atoms with Crippen LogP contribution in [0.4, 0.5) is 5.69 Å². The van der Waals surface area contributed by atoms with Gasteiger partial charge in [0.2, 0.25) is 5.91 Å². The zero-order chi connectivity index (χ0) is 10.8. The molecule has 3 heteroatoms. The lowest BCUT2D eigenvalue weighted by Gasteiger charge is -2.24. The summed E-state index contributed by atoms with van der Waals surface area (Å²) in [7, 11) is 1.69. The van der Waals surface area contributed by atoms with Gasteiger partial charge in [-0.3, -0.25) is 4.79 Å². The maximum atomic E-state index is 11.7. The maximum Gasteiger partial charge on any atom is 0.242 e. The molecule has 1 N–H and O–H groups in total. The van der Waals surface area contributed by atoms with E-state index < -0.39 is 0 Å². The fourth-order valence-electron chi connectivity index (χ4n) is 2.24. The molecule has 1 amide bonds. The minimum Gasteiger partial charge on any atom is -0.359 e. The highest BCUT2D eigenvalue weighted by atomic mass is 16.2. The van der Waals surface area contributed by atoms with Crippen molar-refractivity contribution < 1.29 is 4.79 Å². The highest BCUT2D eigenvalue weighted by molar-refractivity contribution is 5.88.